The lowest BCUT2D eigenvalue weighted by Gasteiger charge is -2.32. The summed E-state index contributed by atoms with van der Waals surface area (Å²) >= 11 is 0. The zero-order valence-corrected chi connectivity index (χ0v) is 21.8. The van der Waals surface area contributed by atoms with E-state index in [4.69, 9.17) is 14.6 Å². The van der Waals surface area contributed by atoms with E-state index in [-0.39, 0.29) is 13.2 Å². The van der Waals surface area contributed by atoms with Gasteiger partial charge in [0, 0.05) is 35.4 Å². The van der Waals surface area contributed by atoms with Crippen molar-refractivity contribution in [3.05, 3.63) is 90.3 Å². The van der Waals surface area contributed by atoms with Crippen molar-refractivity contribution < 1.29 is 29.6 Å². The summed E-state index contributed by atoms with van der Waals surface area (Å²) in [6.45, 7) is 3.37. The van der Waals surface area contributed by atoms with Gasteiger partial charge in [-0.05, 0) is 68.2 Å². The van der Waals surface area contributed by atoms with Crippen LogP contribution in [0.2, 0.25) is 0 Å². The SMILES string of the molecule is O=C(O)c1ccccc1.OCc1cc2c(OCC(O)CN3CCC(COc4ccccn4)CC3)cccc2[nH]1. The molecule has 39 heavy (non-hydrogen) atoms. The number of carbonyl (C=O) groups is 1. The zero-order chi connectivity index (χ0) is 27.5. The number of benzene rings is 2. The quantitative estimate of drug-likeness (QED) is 0.241. The molecule has 1 saturated heterocycles. The minimum atomic E-state index is -0.879. The van der Waals surface area contributed by atoms with Crippen LogP contribution in [-0.2, 0) is 6.61 Å². The summed E-state index contributed by atoms with van der Waals surface area (Å²) in [7, 11) is 0. The van der Waals surface area contributed by atoms with Crippen LogP contribution in [0.5, 0.6) is 11.6 Å². The standard InChI is InChI=1S/C23H29N3O4.C7H6O2/c27-14-18-12-20-21(25-18)4-3-5-22(20)29-16-19(28)13-26-10-7-17(8-11-26)15-30-23-6-1-2-9-24-23;8-7(9)6-4-2-1-3-5-6/h1-6,9,12,17,19,25,27-28H,7-8,10-11,13-16H2;1-5H,(H,8,9). The topological polar surface area (TPSA) is 128 Å². The number of nitrogens with one attached hydrogen (secondary N) is 1. The molecular formula is C30H35N3O6. The van der Waals surface area contributed by atoms with Crippen molar-refractivity contribution in [3.63, 3.8) is 0 Å². The average molecular weight is 534 g/mol. The maximum absolute atomic E-state index is 10.5. The van der Waals surface area contributed by atoms with Gasteiger partial charge in [-0.2, -0.15) is 0 Å². The highest BCUT2D eigenvalue weighted by atomic mass is 16.5. The van der Waals surface area contributed by atoms with E-state index in [0.29, 0.717) is 36.3 Å². The number of piperidine rings is 1. The van der Waals surface area contributed by atoms with Gasteiger partial charge in [0.05, 0.1) is 18.8 Å². The predicted molar refractivity (Wildman–Crippen MR) is 148 cm³/mol. The highest BCUT2D eigenvalue weighted by Crippen LogP contribution is 2.27. The predicted octanol–water partition coefficient (Wildman–Crippen LogP) is 3.97. The van der Waals surface area contributed by atoms with Gasteiger partial charge in [-0.1, -0.05) is 30.3 Å². The molecule has 1 atom stereocenters. The van der Waals surface area contributed by atoms with Gasteiger partial charge in [0.25, 0.3) is 0 Å². The van der Waals surface area contributed by atoms with Crippen LogP contribution >= 0.6 is 0 Å². The number of aliphatic hydroxyl groups is 2. The molecule has 9 nitrogen and oxygen atoms in total. The number of likely N-dealkylation sites (tertiary alicyclic amines) is 1. The number of aromatic nitrogens is 2. The van der Waals surface area contributed by atoms with Crippen molar-refractivity contribution in [1.82, 2.24) is 14.9 Å². The largest absolute Gasteiger partial charge is 0.490 e. The molecule has 0 saturated carbocycles. The second-order valence-corrected chi connectivity index (χ2v) is 9.53. The molecule has 0 amide bonds. The van der Waals surface area contributed by atoms with Crippen LogP contribution in [0, 0.1) is 5.92 Å². The smallest absolute Gasteiger partial charge is 0.335 e. The van der Waals surface area contributed by atoms with Gasteiger partial charge in [0.2, 0.25) is 5.88 Å². The van der Waals surface area contributed by atoms with Gasteiger partial charge in [0.1, 0.15) is 18.5 Å². The summed E-state index contributed by atoms with van der Waals surface area (Å²) in [6, 6.07) is 21.6. The Hall–Kier alpha value is -3.92. The number of β-amino-alcohol motifs (C(OH)–C–C–N with tert-alkyl or cyclic N) is 1. The summed E-state index contributed by atoms with van der Waals surface area (Å²) in [5.74, 6) is 1.03. The van der Waals surface area contributed by atoms with E-state index in [9.17, 15) is 15.0 Å². The third-order valence-electron chi connectivity index (χ3n) is 6.58. The number of pyridine rings is 1. The monoisotopic (exact) mass is 533 g/mol. The van der Waals surface area contributed by atoms with E-state index >= 15 is 0 Å². The number of aromatic amines is 1. The van der Waals surface area contributed by atoms with Crippen LogP contribution in [0.1, 0.15) is 28.9 Å². The molecular weight excluding hydrogens is 498 g/mol. The van der Waals surface area contributed by atoms with Crippen LogP contribution in [0.3, 0.4) is 0 Å². The Balaban J connectivity index is 0.000000333. The van der Waals surface area contributed by atoms with E-state index in [1.54, 1.807) is 36.5 Å². The summed E-state index contributed by atoms with van der Waals surface area (Å²) in [6.07, 6.45) is 3.28. The van der Waals surface area contributed by atoms with Crippen molar-refractivity contribution in [2.45, 2.75) is 25.6 Å². The van der Waals surface area contributed by atoms with E-state index in [1.807, 2.05) is 42.5 Å². The van der Waals surface area contributed by atoms with Gasteiger partial charge >= 0.3 is 5.97 Å². The highest BCUT2D eigenvalue weighted by Gasteiger charge is 2.22. The van der Waals surface area contributed by atoms with Crippen molar-refractivity contribution >= 4 is 16.9 Å². The fraction of sp³-hybridized carbons (Fsp3) is 0.333. The molecule has 0 bridgehead atoms. The Morgan fingerprint density at radius 3 is 2.46 bits per heavy atom. The van der Waals surface area contributed by atoms with Gasteiger partial charge in [-0.3, -0.25) is 0 Å². The first-order valence-corrected chi connectivity index (χ1v) is 13.1. The molecule has 1 aliphatic rings. The average Bonchev–Trinajstić information content (AvgIpc) is 3.41. The molecule has 206 valence electrons. The molecule has 1 aliphatic heterocycles. The Bertz CT molecular complexity index is 1290. The van der Waals surface area contributed by atoms with E-state index in [2.05, 4.69) is 14.9 Å². The first-order chi connectivity index (χ1) is 19.0. The van der Waals surface area contributed by atoms with Crippen LogP contribution < -0.4 is 9.47 Å². The molecule has 0 radical (unpaired) electrons. The number of H-pyrrole nitrogens is 1. The van der Waals surface area contributed by atoms with Crippen molar-refractivity contribution in [1.29, 1.82) is 0 Å². The molecule has 2 aromatic heterocycles. The minimum absolute atomic E-state index is 0.0421. The first kappa shape index (κ1) is 28.1. The van der Waals surface area contributed by atoms with Gasteiger partial charge in [-0.25, -0.2) is 9.78 Å². The minimum Gasteiger partial charge on any atom is -0.490 e. The maximum Gasteiger partial charge on any atom is 0.335 e. The third-order valence-corrected chi connectivity index (χ3v) is 6.58. The second kappa shape index (κ2) is 14.3. The molecule has 5 rings (SSSR count). The lowest BCUT2D eigenvalue weighted by molar-refractivity contribution is 0.0504. The summed E-state index contributed by atoms with van der Waals surface area (Å²) < 4.78 is 11.7. The molecule has 3 heterocycles. The zero-order valence-electron chi connectivity index (χ0n) is 21.8. The van der Waals surface area contributed by atoms with Crippen LogP contribution in [-0.4, -0.2) is 75.1 Å². The molecule has 4 aromatic rings. The number of nitrogens with zero attached hydrogens (tertiary/aromatic N) is 2. The third kappa shape index (κ3) is 8.54. The van der Waals surface area contributed by atoms with Crippen LogP contribution in [0.4, 0.5) is 0 Å². The highest BCUT2D eigenvalue weighted by molar-refractivity contribution is 5.87. The Kier molecular flexibility index (Phi) is 10.3. The number of fused-ring (bicyclic) bond motifs is 1. The number of rotatable bonds is 10. The number of carboxylic acids is 1. The van der Waals surface area contributed by atoms with Gasteiger partial charge in [0.15, 0.2) is 0 Å². The molecule has 1 fully saturated rings. The van der Waals surface area contributed by atoms with E-state index < -0.39 is 12.1 Å². The molecule has 0 spiro atoms. The van der Waals surface area contributed by atoms with E-state index in [0.717, 1.165) is 42.5 Å². The Morgan fingerprint density at radius 1 is 1.03 bits per heavy atom. The van der Waals surface area contributed by atoms with Crippen LogP contribution in [0.25, 0.3) is 10.9 Å². The van der Waals surface area contributed by atoms with E-state index in [1.165, 1.54) is 0 Å². The lowest BCUT2D eigenvalue weighted by atomic mass is 9.97. The summed E-state index contributed by atoms with van der Waals surface area (Å²) in [5, 5.41) is 29.1. The molecule has 0 aliphatic carbocycles. The Morgan fingerprint density at radius 2 is 1.79 bits per heavy atom. The number of aromatic carboxylic acids is 1. The molecule has 1 unspecified atom stereocenters. The van der Waals surface area contributed by atoms with Crippen molar-refractivity contribution in [2.75, 3.05) is 32.8 Å². The normalized spacial score (nSPS) is 14.8. The number of aliphatic hydroxyl groups excluding tert-OH is 2. The maximum atomic E-state index is 10.5. The number of hydrogen-bond donors (Lipinski definition) is 4. The second-order valence-electron chi connectivity index (χ2n) is 9.53. The summed E-state index contributed by atoms with van der Waals surface area (Å²) in [4.78, 5) is 19.8. The van der Waals surface area contributed by atoms with Gasteiger partial charge in [-0.15, -0.1) is 0 Å². The van der Waals surface area contributed by atoms with Crippen LogP contribution in [0.15, 0.2) is 79.0 Å². The van der Waals surface area contributed by atoms with Gasteiger partial charge < -0.3 is 34.7 Å². The Labute approximate surface area is 227 Å². The van der Waals surface area contributed by atoms with Crippen molar-refractivity contribution in [2.24, 2.45) is 5.92 Å². The molecule has 9 heteroatoms. The first-order valence-electron chi connectivity index (χ1n) is 13.1. The number of hydrogen-bond acceptors (Lipinski definition) is 7. The lowest BCUT2D eigenvalue weighted by Crippen LogP contribution is -2.41. The van der Waals surface area contributed by atoms with Crippen molar-refractivity contribution in [3.8, 4) is 11.6 Å². The summed E-state index contributed by atoms with van der Waals surface area (Å²) in [5.41, 5.74) is 2.00. The number of ether oxygens (including phenoxy) is 2. The molecule has 2 aromatic carbocycles. The number of carboxylic acid groups (broad SMARTS) is 1. The molecule has 4 N–H and O–H groups in total. The fourth-order valence-corrected chi connectivity index (χ4v) is 4.49. The fourth-order valence-electron chi connectivity index (χ4n) is 4.49.